The van der Waals surface area contributed by atoms with Crippen LogP contribution in [0.4, 0.5) is 0 Å². The van der Waals surface area contributed by atoms with Gasteiger partial charge in [0, 0.05) is 17.8 Å². The number of hydrogen-bond acceptors (Lipinski definition) is 3. The summed E-state index contributed by atoms with van der Waals surface area (Å²) in [5.74, 6) is -1.20. The highest BCUT2D eigenvalue weighted by Crippen LogP contribution is 2.02. The van der Waals surface area contributed by atoms with Crippen LogP contribution in [0.1, 0.15) is 23.1 Å². The average Bonchev–Trinajstić information content (AvgIpc) is 2.61. The number of nitrogens with zero attached hydrogens (tertiary/aromatic N) is 2. The van der Waals surface area contributed by atoms with Crippen LogP contribution in [0.2, 0.25) is 0 Å². The molecule has 0 saturated carbocycles. The summed E-state index contributed by atoms with van der Waals surface area (Å²) in [6.07, 6.45) is 0.727. The van der Waals surface area contributed by atoms with Gasteiger partial charge in [-0.1, -0.05) is 6.92 Å². The van der Waals surface area contributed by atoms with Crippen LogP contribution in [0, 0.1) is 0 Å². The Labute approximate surface area is 84.2 Å². The summed E-state index contributed by atoms with van der Waals surface area (Å²) in [5.41, 5.74) is 0.512. The first-order valence-electron chi connectivity index (χ1n) is 4.47. The molecule has 0 aliphatic heterocycles. The number of nitrogens with one attached hydrogen (secondary N) is 1. The number of aryl methyl sites for hydroxylation is 1. The summed E-state index contributed by atoms with van der Waals surface area (Å²) in [5, 5.41) is 11.5. The molecule has 15 heavy (non-hydrogen) atoms. The van der Waals surface area contributed by atoms with Crippen LogP contribution in [0.25, 0.3) is 5.65 Å². The number of carboxylic acid groups (broad SMARTS) is 1. The average molecular weight is 207 g/mol. The zero-order valence-corrected chi connectivity index (χ0v) is 8.02. The molecule has 2 heterocycles. The summed E-state index contributed by atoms with van der Waals surface area (Å²) in [6, 6.07) is 2.65. The number of aromatic nitrogens is 3. The van der Waals surface area contributed by atoms with Crippen molar-refractivity contribution < 1.29 is 9.90 Å². The third kappa shape index (κ3) is 1.50. The lowest BCUT2D eigenvalue weighted by molar-refractivity contribution is 0.0690. The van der Waals surface area contributed by atoms with E-state index in [1.165, 1.54) is 4.52 Å². The van der Waals surface area contributed by atoms with E-state index in [-0.39, 0.29) is 5.69 Å². The first kappa shape index (κ1) is 9.45. The van der Waals surface area contributed by atoms with Crippen molar-refractivity contribution in [1.29, 1.82) is 0 Å². The van der Waals surface area contributed by atoms with Crippen LogP contribution in [0.3, 0.4) is 0 Å². The van der Waals surface area contributed by atoms with E-state index < -0.39 is 11.5 Å². The van der Waals surface area contributed by atoms with E-state index in [0.29, 0.717) is 5.65 Å². The molecule has 0 unspecified atom stereocenters. The molecular weight excluding hydrogens is 198 g/mol. The second-order valence-electron chi connectivity index (χ2n) is 3.11. The number of rotatable bonds is 2. The zero-order chi connectivity index (χ0) is 11.0. The second kappa shape index (κ2) is 3.23. The standard InChI is InChI=1S/C9H9N3O3/c1-2-5-3-7-10-6(9(14)15)4-8(13)12(7)11-5/h3-4,11H,2H2,1H3,(H,14,15). The third-order valence-corrected chi connectivity index (χ3v) is 2.10. The Kier molecular flexibility index (Phi) is 2.03. The highest BCUT2D eigenvalue weighted by molar-refractivity contribution is 5.85. The van der Waals surface area contributed by atoms with Gasteiger partial charge in [-0.2, -0.15) is 0 Å². The van der Waals surface area contributed by atoms with Crippen molar-refractivity contribution in [2.24, 2.45) is 0 Å². The van der Waals surface area contributed by atoms with E-state index in [1.54, 1.807) is 6.07 Å². The van der Waals surface area contributed by atoms with E-state index in [2.05, 4.69) is 10.1 Å². The van der Waals surface area contributed by atoms with E-state index in [4.69, 9.17) is 5.11 Å². The van der Waals surface area contributed by atoms with Crippen LogP contribution in [-0.4, -0.2) is 25.7 Å². The smallest absolute Gasteiger partial charge is 0.354 e. The van der Waals surface area contributed by atoms with Crippen LogP contribution in [0.15, 0.2) is 16.9 Å². The van der Waals surface area contributed by atoms with E-state index in [9.17, 15) is 9.59 Å². The maximum Gasteiger partial charge on any atom is 0.354 e. The van der Waals surface area contributed by atoms with Crippen molar-refractivity contribution in [3.05, 3.63) is 33.9 Å². The highest BCUT2D eigenvalue weighted by atomic mass is 16.4. The Balaban J connectivity index is 2.76. The lowest BCUT2D eigenvalue weighted by atomic mass is 10.3. The van der Waals surface area contributed by atoms with Gasteiger partial charge in [-0.3, -0.25) is 9.89 Å². The molecule has 0 spiro atoms. The lowest BCUT2D eigenvalue weighted by Crippen LogP contribution is -2.17. The first-order valence-corrected chi connectivity index (χ1v) is 4.47. The topological polar surface area (TPSA) is 87.5 Å². The Morgan fingerprint density at radius 3 is 2.93 bits per heavy atom. The summed E-state index contributed by atoms with van der Waals surface area (Å²) in [4.78, 5) is 26.0. The van der Waals surface area contributed by atoms with Gasteiger partial charge in [0.25, 0.3) is 5.56 Å². The monoisotopic (exact) mass is 207 g/mol. The van der Waals surface area contributed by atoms with Crippen molar-refractivity contribution in [1.82, 2.24) is 14.6 Å². The van der Waals surface area contributed by atoms with Crippen molar-refractivity contribution >= 4 is 11.6 Å². The molecule has 2 rings (SSSR count). The molecule has 0 fully saturated rings. The Hall–Kier alpha value is -2.11. The molecule has 2 aromatic heterocycles. The van der Waals surface area contributed by atoms with Gasteiger partial charge in [0.15, 0.2) is 11.3 Å². The molecule has 0 aliphatic carbocycles. The van der Waals surface area contributed by atoms with Crippen molar-refractivity contribution in [3.8, 4) is 0 Å². The summed E-state index contributed by atoms with van der Waals surface area (Å²) in [7, 11) is 0. The normalized spacial score (nSPS) is 10.7. The van der Waals surface area contributed by atoms with Gasteiger partial charge < -0.3 is 5.11 Å². The molecule has 0 amide bonds. The number of aromatic amines is 1. The van der Waals surface area contributed by atoms with Gasteiger partial charge in [-0.25, -0.2) is 14.3 Å². The fourth-order valence-corrected chi connectivity index (χ4v) is 1.33. The Bertz CT molecular complexity index is 582. The Morgan fingerprint density at radius 2 is 2.33 bits per heavy atom. The number of aromatic carboxylic acids is 1. The minimum Gasteiger partial charge on any atom is -0.477 e. The number of H-pyrrole nitrogens is 1. The molecule has 0 aromatic carbocycles. The van der Waals surface area contributed by atoms with E-state index in [1.807, 2.05) is 6.92 Å². The van der Waals surface area contributed by atoms with Gasteiger partial charge in [0.05, 0.1) is 0 Å². The molecule has 2 aromatic rings. The molecule has 6 heteroatoms. The minimum absolute atomic E-state index is 0.235. The van der Waals surface area contributed by atoms with Crippen molar-refractivity contribution in [2.45, 2.75) is 13.3 Å². The van der Waals surface area contributed by atoms with Gasteiger partial charge in [0.2, 0.25) is 0 Å². The number of carboxylic acids is 1. The van der Waals surface area contributed by atoms with Crippen LogP contribution in [0.5, 0.6) is 0 Å². The molecule has 2 N–H and O–H groups in total. The van der Waals surface area contributed by atoms with Crippen LogP contribution < -0.4 is 5.56 Å². The number of carbonyl (C=O) groups is 1. The zero-order valence-electron chi connectivity index (χ0n) is 8.02. The van der Waals surface area contributed by atoms with E-state index in [0.717, 1.165) is 18.2 Å². The molecule has 0 atom stereocenters. The van der Waals surface area contributed by atoms with Crippen LogP contribution in [-0.2, 0) is 6.42 Å². The summed E-state index contributed by atoms with van der Waals surface area (Å²) in [6.45, 7) is 1.92. The maximum absolute atomic E-state index is 11.5. The van der Waals surface area contributed by atoms with Crippen LogP contribution >= 0.6 is 0 Å². The lowest BCUT2D eigenvalue weighted by Gasteiger charge is -1.94. The third-order valence-electron chi connectivity index (χ3n) is 2.10. The highest BCUT2D eigenvalue weighted by Gasteiger charge is 2.09. The largest absolute Gasteiger partial charge is 0.477 e. The quantitative estimate of drug-likeness (QED) is 0.740. The molecule has 78 valence electrons. The summed E-state index contributed by atoms with van der Waals surface area (Å²) < 4.78 is 1.23. The maximum atomic E-state index is 11.5. The first-order chi connectivity index (χ1) is 7.11. The molecular formula is C9H9N3O3. The van der Waals surface area contributed by atoms with Gasteiger partial charge in [-0.15, -0.1) is 0 Å². The Morgan fingerprint density at radius 1 is 1.60 bits per heavy atom. The number of fused-ring (bicyclic) bond motifs is 1. The fourth-order valence-electron chi connectivity index (χ4n) is 1.33. The number of hydrogen-bond donors (Lipinski definition) is 2. The fraction of sp³-hybridized carbons (Fsp3) is 0.222. The molecule has 0 radical (unpaired) electrons. The SMILES string of the molecule is CCc1cc2nc(C(=O)O)cc(=O)n2[nH]1. The van der Waals surface area contributed by atoms with Gasteiger partial charge in [0.1, 0.15) is 0 Å². The van der Waals surface area contributed by atoms with Crippen molar-refractivity contribution in [2.75, 3.05) is 0 Å². The molecule has 6 nitrogen and oxygen atoms in total. The second-order valence-corrected chi connectivity index (χ2v) is 3.11. The molecule has 0 bridgehead atoms. The predicted octanol–water partition coefficient (Wildman–Crippen LogP) is 0.283. The summed E-state index contributed by atoms with van der Waals surface area (Å²) >= 11 is 0. The molecule has 0 aliphatic rings. The van der Waals surface area contributed by atoms with Gasteiger partial charge >= 0.3 is 5.97 Å². The van der Waals surface area contributed by atoms with E-state index >= 15 is 0 Å². The van der Waals surface area contributed by atoms with Gasteiger partial charge in [-0.05, 0) is 6.42 Å². The minimum atomic E-state index is -1.20. The molecule has 0 saturated heterocycles. The van der Waals surface area contributed by atoms with Crippen molar-refractivity contribution in [3.63, 3.8) is 0 Å². The predicted molar refractivity (Wildman–Crippen MR) is 52.1 cm³/mol.